The molecule has 1 unspecified atom stereocenters. The lowest BCUT2D eigenvalue weighted by molar-refractivity contribution is 0.530. The molecule has 0 spiro atoms. The van der Waals surface area contributed by atoms with Gasteiger partial charge >= 0.3 is 0 Å². The Labute approximate surface area is 84.1 Å². The van der Waals surface area contributed by atoms with E-state index in [4.69, 9.17) is 11.6 Å². The van der Waals surface area contributed by atoms with Crippen LogP contribution < -0.4 is 5.32 Å². The fourth-order valence-electron chi connectivity index (χ4n) is 1.99. The Balaban J connectivity index is 2.45. The van der Waals surface area contributed by atoms with E-state index in [0.717, 1.165) is 18.1 Å². The number of nitrogens with one attached hydrogen (secondary N) is 1. The molecule has 1 N–H and O–H groups in total. The largest absolute Gasteiger partial charge is 0.312 e. The molecule has 1 heterocycles. The van der Waals surface area contributed by atoms with Crippen molar-refractivity contribution in [3.8, 4) is 0 Å². The maximum atomic E-state index is 6.12. The summed E-state index contributed by atoms with van der Waals surface area (Å²) in [6.07, 6.45) is 1.18. The molecular weight excluding hydrogens is 182 g/mol. The Kier molecular flexibility index (Phi) is 2.56. The van der Waals surface area contributed by atoms with Crippen molar-refractivity contribution in [2.45, 2.75) is 25.8 Å². The fourth-order valence-corrected chi connectivity index (χ4v) is 2.24. The van der Waals surface area contributed by atoms with Crippen LogP contribution in [-0.2, 0) is 6.54 Å². The van der Waals surface area contributed by atoms with Crippen molar-refractivity contribution >= 4 is 11.6 Å². The molecule has 2 rings (SSSR count). The quantitative estimate of drug-likeness (QED) is 0.727. The van der Waals surface area contributed by atoms with Crippen molar-refractivity contribution in [3.63, 3.8) is 0 Å². The third-order valence-electron chi connectivity index (χ3n) is 2.78. The summed E-state index contributed by atoms with van der Waals surface area (Å²) in [5, 5.41) is 4.30. The van der Waals surface area contributed by atoms with Gasteiger partial charge in [-0.3, -0.25) is 0 Å². The average Bonchev–Trinajstić information content (AvgIpc) is 2.18. The minimum atomic E-state index is 0.641. The number of halogens is 1. The maximum Gasteiger partial charge on any atom is 0.0453 e. The predicted octanol–water partition coefficient (Wildman–Crippen LogP) is 2.94. The Morgan fingerprint density at radius 3 is 3.15 bits per heavy atom. The van der Waals surface area contributed by atoms with Gasteiger partial charge in [-0.1, -0.05) is 30.7 Å². The molecule has 70 valence electrons. The van der Waals surface area contributed by atoms with E-state index in [2.05, 4.69) is 24.4 Å². The molecule has 1 aromatic rings. The van der Waals surface area contributed by atoms with Crippen molar-refractivity contribution in [2.24, 2.45) is 0 Å². The number of hydrogen-bond donors (Lipinski definition) is 1. The minimum Gasteiger partial charge on any atom is -0.312 e. The molecule has 0 radical (unpaired) electrons. The molecule has 1 nitrogen and oxygen atoms in total. The Bertz CT molecular complexity index is 309. The van der Waals surface area contributed by atoms with Gasteiger partial charge in [0, 0.05) is 18.1 Å². The number of fused-ring (bicyclic) bond motifs is 1. The standard InChI is InChI=1S/C11H14ClN/c1-2-8-6-13-7-10-9(8)4-3-5-11(10)12/h3-5,8,13H,2,6-7H2,1H3. The van der Waals surface area contributed by atoms with Crippen molar-refractivity contribution in [1.82, 2.24) is 5.32 Å². The van der Waals surface area contributed by atoms with E-state index >= 15 is 0 Å². The highest BCUT2D eigenvalue weighted by Gasteiger charge is 2.19. The van der Waals surface area contributed by atoms with E-state index in [0.29, 0.717) is 5.92 Å². The highest BCUT2D eigenvalue weighted by atomic mass is 35.5. The summed E-state index contributed by atoms with van der Waals surface area (Å²) in [6, 6.07) is 6.23. The lowest BCUT2D eigenvalue weighted by atomic mass is 9.89. The van der Waals surface area contributed by atoms with Crippen LogP contribution in [0.25, 0.3) is 0 Å². The van der Waals surface area contributed by atoms with Crippen LogP contribution in [0.5, 0.6) is 0 Å². The van der Waals surface area contributed by atoms with E-state index in [-0.39, 0.29) is 0 Å². The number of rotatable bonds is 1. The predicted molar refractivity (Wildman–Crippen MR) is 56.2 cm³/mol. The van der Waals surface area contributed by atoms with Gasteiger partial charge in [0.25, 0.3) is 0 Å². The Hall–Kier alpha value is -0.530. The van der Waals surface area contributed by atoms with Crippen molar-refractivity contribution < 1.29 is 0 Å². The zero-order valence-corrected chi connectivity index (χ0v) is 8.56. The lowest BCUT2D eigenvalue weighted by Gasteiger charge is -2.26. The number of benzene rings is 1. The van der Waals surface area contributed by atoms with Gasteiger partial charge < -0.3 is 5.32 Å². The van der Waals surface area contributed by atoms with E-state index in [9.17, 15) is 0 Å². The third-order valence-corrected chi connectivity index (χ3v) is 3.13. The minimum absolute atomic E-state index is 0.641. The summed E-state index contributed by atoms with van der Waals surface area (Å²) >= 11 is 6.12. The molecule has 0 aromatic heterocycles. The topological polar surface area (TPSA) is 12.0 Å². The zero-order valence-electron chi connectivity index (χ0n) is 7.81. The first-order valence-electron chi connectivity index (χ1n) is 4.81. The van der Waals surface area contributed by atoms with E-state index in [1.54, 1.807) is 0 Å². The summed E-state index contributed by atoms with van der Waals surface area (Å²) in [4.78, 5) is 0. The van der Waals surface area contributed by atoms with Crippen LogP contribution in [0.3, 0.4) is 0 Å². The lowest BCUT2D eigenvalue weighted by Crippen LogP contribution is -2.28. The second kappa shape index (κ2) is 3.69. The van der Waals surface area contributed by atoms with Gasteiger partial charge in [-0.25, -0.2) is 0 Å². The van der Waals surface area contributed by atoms with Crippen LogP contribution in [0.1, 0.15) is 30.4 Å². The van der Waals surface area contributed by atoms with Gasteiger partial charge in [0.05, 0.1) is 0 Å². The van der Waals surface area contributed by atoms with Crippen LogP contribution >= 0.6 is 11.6 Å². The SMILES string of the molecule is CCC1CNCc2c(Cl)cccc21. The van der Waals surface area contributed by atoms with Crippen LogP contribution in [0, 0.1) is 0 Å². The summed E-state index contributed by atoms with van der Waals surface area (Å²) < 4.78 is 0. The van der Waals surface area contributed by atoms with Crippen LogP contribution in [0.2, 0.25) is 5.02 Å². The molecule has 0 bridgehead atoms. The fraction of sp³-hybridized carbons (Fsp3) is 0.455. The van der Waals surface area contributed by atoms with E-state index < -0.39 is 0 Å². The monoisotopic (exact) mass is 195 g/mol. The first-order valence-corrected chi connectivity index (χ1v) is 5.18. The molecule has 2 heteroatoms. The highest BCUT2D eigenvalue weighted by Crippen LogP contribution is 2.30. The smallest absolute Gasteiger partial charge is 0.0453 e. The summed E-state index contributed by atoms with van der Waals surface area (Å²) in [5.41, 5.74) is 2.73. The van der Waals surface area contributed by atoms with E-state index in [1.165, 1.54) is 17.5 Å². The van der Waals surface area contributed by atoms with Gasteiger partial charge in [0.2, 0.25) is 0 Å². The summed E-state index contributed by atoms with van der Waals surface area (Å²) in [7, 11) is 0. The Morgan fingerprint density at radius 2 is 2.38 bits per heavy atom. The van der Waals surface area contributed by atoms with Gasteiger partial charge in [0.15, 0.2) is 0 Å². The first-order chi connectivity index (χ1) is 6.33. The van der Waals surface area contributed by atoms with E-state index in [1.807, 2.05) is 6.07 Å². The summed E-state index contributed by atoms with van der Waals surface area (Å²) in [5.74, 6) is 0.641. The first kappa shape index (κ1) is 9.04. The highest BCUT2D eigenvalue weighted by molar-refractivity contribution is 6.31. The van der Waals surface area contributed by atoms with Crippen molar-refractivity contribution in [3.05, 3.63) is 34.3 Å². The second-order valence-electron chi connectivity index (χ2n) is 3.54. The molecule has 1 aliphatic heterocycles. The average molecular weight is 196 g/mol. The molecule has 1 aliphatic rings. The van der Waals surface area contributed by atoms with Crippen molar-refractivity contribution in [1.29, 1.82) is 0 Å². The molecule has 0 saturated carbocycles. The molecular formula is C11H14ClN. The zero-order chi connectivity index (χ0) is 9.26. The molecule has 13 heavy (non-hydrogen) atoms. The van der Waals surface area contributed by atoms with Gasteiger partial charge in [-0.15, -0.1) is 0 Å². The van der Waals surface area contributed by atoms with Gasteiger partial charge in [-0.05, 0) is 29.5 Å². The molecule has 1 atom stereocenters. The number of hydrogen-bond acceptors (Lipinski definition) is 1. The van der Waals surface area contributed by atoms with Crippen LogP contribution in [0.4, 0.5) is 0 Å². The second-order valence-corrected chi connectivity index (χ2v) is 3.95. The molecule has 1 aromatic carbocycles. The summed E-state index contributed by atoms with van der Waals surface area (Å²) in [6.45, 7) is 4.23. The molecule has 0 saturated heterocycles. The van der Waals surface area contributed by atoms with Gasteiger partial charge in [0.1, 0.15) is 0 Å². The normalized spacial score (nSPS) is 21.2. The van der Waals surface area contributed by atoms with Crippen LogP contribution in [-0.4, -0.2) is 6.54 Å². The molecule has 0 aliphatic carbocycles. The third kappa shape index (κ3) is 1.59. The molecule has 0 amide bonds. The Morgan fingerprint density at radius 1 is 1.54 bits per heavy atom. The maximum absolute atomic E-state index is 6.12. The van der Waals surface area contributed by atoms with Crippen LogP contribution in [0.15, 0.2) is 18.2 Å². The van der Waals surface area contributed by atoms with Gasteiger partial charge in [-0.2, -0.15) is 0 Å². The van der Waals surface area contributed by atoms with Crippen molar-refractivity contribution in [2.75, 3.05) is 6.54 Å². The molecule has 0 fully saturated rings.